The normalized spacial score (nSPS) is 12.5. The van der Waals surface area contributed by atoms with Crippen LogP contribution < -0.4 is 10.2 Å². The molecule has 1 atom stereocenters. The highest BCUT2D eigenvalue weighted by Gasteiger charge is 2.10. The topological polar surface area (TPSA) is 15.3 Å². The van der Waals surface area contributed by atoms with Gasteiger partial charge in [-0.2, -0.15) is 0 Å². The second-order valence-corrected chi connectivity index (χ2v) is 5.56. The van der Waals surface area contributed by atoms with Gasteiger partial charge in [0.05, 0.1) is 0 Å². The fourth-order valence-electron chi connectivity index (χ4n) is 2.13. The summed E-state index contributed by atoms with van der Waals surface area (Å²) in [6.07, 6.45) is 2.37. The Morgan fingerprint density at radius 1 is 1.22 bits per heavy atom. The highest BCUT2D eigenvalue weighted by molar-refractivity contribution is 9.10. The molecule has 0 aromatic heterocycles. The molecule has 0 amide bonds. The molecule has 0 spiro atoms. The quantitative estimate of drug-likeness (QED) is 0.805. The lowest BCUT2D eigenvalue weighted by molar-refractivity contribution is 0.649. The van der Waals surface area contributed by atoms with Gasteiger partial charge in [-0.3, -0.25) is 0 Å². The van der Waals surface area contributed by atoms with Crippen LogP contribution in [0.2, 0.25) is 0 Å². The van der Waals surface area contributed by atoms with E-state index in [2.05, 4.69) is 65.1 Å². The van der Waals surface area contributed by atoms with Crippen LogP contribution in [0.3, 0.4) is 0 Å². The summed E-state index contributed by atoms with van der Waals surface area (Å²) in [5, 5.41) is 3.28. The summed E-state index contributed by atoms with van der Waals surface area (Å²) in [6, 6.07) is 7.08. The molecule has 18 heavy (non-hydrogen) atoms. The van der Waals surface area contributed by atoms with Gasteiger partial charge >= 0.3 is 0 Å². The molecule has 3 heteroatoms. The SMILES string of the molecule is CCCN(CCC)c1ccc(C(C)NC)c(Br)c1. The molecule has 102 valence electrons. The molecule has 2 nitrogen and oxygen atoms in total. The Morgan fingerprint density at radius 3 is 2.28 bits per heavy atom. The van der Waals surface area contributed by atoms with Crippen molar-refractivity contribution in [1.29, 1.82) is 0 Å². The third kappa shape index (κ3) is 3.99. The monoisotopic (exact) mass is 312 g/mol. The fourth-order valence-corrected chi connectivity index (χ4v) is 2.84. The molecule has 1 aromatic carbocycles. The maximum absolute atomic E-state index is 3.69. The van der Waals surface area contributed by atoms with Crippen LogP contribution in [-0.2, 0) is 0 Å². The molecule has 0 saturated carbocycles. The molecule has 0 aliphatic rings. The maximum atomic E-state index is 3.69. The lowest BCUT2D eigenvalue weighted by Gasteiger charge is -2.25. The van der Waals surface area contributed by atoms with E-state index in [0.29, 0.717) is 6.04 Å². The summed E-state index contributed by atoms with van der Waals surface area (Å²) in [5.74, 6) is 0. The summed E-state index contributed by atoms with van der Waals surface area (Å²) in [5.41, 5.74) is 2.63. The van der Waals surface area contributed by atoms with Crippen LogP contribution in [0.4, 0.5) is 5.69 Å². The Morgan fingerprint density at radius 2 is 1.83 bits per heavy atom. The number of halogens is 1. The largest absolute Gasteiger partial charge is 0.372 e. The zero-order valence-corrected chi connectivity index (χ0v) is 13.5. The Kier molecular flexibility index (Phi) is 6.72. The molecule has 1 rings (SSSR count). The molecule has 0 radical (unpaired) electrons. The molecule has 1 N–H and O–H groups in total. The van der Waals surface area contributed by atoms with E-state index >= 15 is 0 Å². The number of nitrogens with zero attached hydrogens (tertiary/aromatic N) is 1. The van der Waals surface area contributed by atoms with Crippen LogP contribution in [0.1, 0.15) is 45.2 Å². The highest BCUT2D eigenvalue weighted by atomic mass is 79.9. The van der Waals surface area contributed by atoms with Gasteiger partial charge in [-0.05, 0) is 44.5 Å². The molecule has 0 fully saturated rings. The van der Waals surface area contributed by atoms with Gasteiger partial charge in [-0.25, -0.2) is 0 Å². The fraction of sp³-hybridized carbons (Fsp3) is 0.600. The zero-order chi connectivity index (χ0) is 13.5. The number of benzene rings is 1. The second-order valence-electron chi connectivity index (χ2n) is 4.70. The van der Waals surface area contributed by atoms with Crippen molar-refractivity contribution in [2.24, 2.45) is 0 Å². The van der Waals surface area contributed by atoms with E-state index in [1.54, 1.807) is 0 Å². The number of hydrogen-bond donors (Lipinski definition) is 1. The van der Waals surface area contributed by atoms with Crippen molar-refractivity contribution >= 4 is 21.6 Å². The van der Waals surface area contributed by atoms with Crippen molar-refractivity contribution in [3.63, 3.8) is 0 Å². The van der Waals surface area contributed by atoms with Crippen LogP contribution in [0.15, 0.2) is 22.7 Å². The third-order valence-corrected chi connectivity index (χ3v) is 3.92. The van der Waals surface area contributed by atoms with Crippen LogP contribution in [-0.4, -0.2) is 20.1 Å². The summed E-state index contributed by atoms with van der Waals surface area (Å²) in [7, 11) is 1.99. The van der Waals surface area contributed by atoms with Gasteiger partial charge in [0, 0.05) is 29.3 Å². The molecule has 0 saturated heterocycles. The summed E-state index contributed by atoms with van der Waals surface area (Å²) < 4.78 is 1.19. The number of nitrogens with one attached hydrogen (secondary N) is 1. The molecule has 1 aromatic rings. The Hall–Kier alpha value is -0.540. The molecule has 1 unspecified atom stereocenters. The average molecular weight is 313 g/mol. The van der Waals surface area contributed by atoms with E-state index in [4.69, 9.17) is 0 Å². The number of anilines is 1. The average Bonchev–Trinajstić information content (AvgIpc) is 2.37. The number of rotatable bonds is 7. The molecular formula is C15H25BrN2. The van der Waals surface area contributed by atoms with E-state index in [-0.39, 0.29) is 0 Å². The second kappa shape index (κ2) is 7.80. The van der Waals surface area contributed by atoms with Crippen LogP contribution in [0, 0.1) is 0 Å². The van der Waals surface area contributed by atoms with Gasteiger partial charge in [-0.15, -0.1) is 0 Å². The number of hydrogen-bond acceptors (Lipinski definition) is 2. The van der Waals surface area contributed by atoms with Crippen molar-refractivity contribution in [2.75, 3.05) is 25.0 Å². The minimum absolute atomic E-state index is 0.374. The Labute approximate surface area is 120 Å². The minimum Gasteiger partial charge on any atom is -0.372 e. The standard InChI is InChI=1S/C15H25BrN2/c1-5-9-18(10-6-2)13-7-8-14(12(3)17-4)15(16)11-13/h7-8,11-12,17H,5-6,9-10H2,1-4H3. The first-order valence-corrected chi connectivity index (χ1v) is 7.64. The Balaban J connectivity index is 2.93. The summed E-state index contributed by atoms with van der Waals surface area (Å²) in [4.78, 5) is 2.46. The summed E-state index contributed by atoms with van der Waals surface area (Å²) in [6.45, 7) is 8.89. The smallest absolute Gasteiger partial charge is 0.0377 e. The van der Waals surface area contributed by atoms with Gasteiger partial charge in [-0.1, -0.05) is 35.8 Å². The third-order valence-electron chi connectivity index (χ3n) is 3.24. The summed E-state index contributed by atoms with van der Waals surface area (Å²) >= 11 is 3.69. The van der Waals surface area contributed by atoms with Crippen molar-refractivity contribution in [1.82, 2.24) is 5.32 Å². The van der Waals surface area contributed by atoms with Gasteiger partial charge in [0.1, 0.15) is 0 Å². The van der Waals surface area contributed by atoms with E-state index < -0.39 is 0 Å². The van der Waals surface area contributed by atoms with E-state index in [1.165, 1.54) is 28.6 Å². The molecule has 0 aliphatic heterocycles. The lowest BCUT2D eigenvalue weighted by atomic mass is 10.1. The van der Waals surface area contributed by atoms with Crippen molar-refractivity contribution in [2.45, 2.75) is 39.7 Å². The van der Waals surface area contributed by atoms with Crippen molar-refractivity contribution < 1.29 is 0 Å². The van der Waals surface area contributed by atoms with Crippen molar-refractivity contribution in [3.8, 4) is 0 Å². The van der Waals surface area contributed by atoms with E-state index in [1.807, 2.05) is 7.05 Å². The first-order valence-electron chi connectivity index (χ1n) is 6.85. The molecule has 0 aliphatic carbocycles. The van der Waals surface area contributed by atoms with E-state index in [0.717, 1.165) is 13.1 Å². The van der Waals surface area contributed by atoms with Gasteiger partial charge in [0.25, 0.3) is 0 Å². The van der Waals surface area contributed by atoms with Crippen LogP contribution >= 0.6 is 15.9 Å². The van der Waals surface area contributed by atoms with Gasteiger partial charge < -0.3 is 10.2 Å². The lowest BCUT2D eigenvalue weighted by Crippen LogP contribution is -2.25. The maximum Gasteiger partial charge on any atom is 0.0377 e. The van der Waals surface area contributed by atoms with Crippen LogP contribution in [0.25, 0.3) is 0 Å². The van der Waals surface area contributed by atoms with Crippen molar-refractivity contribution in [3.05, 3.63) is 28.2 Å². The van der Waals surface area contributed by atoms with Gasteiger partial charge in [0.2, 0.25) is 0 Å². The molecule has 0 bridgehead atoms. The highest BCUT2D eigenvalue weighted by Crippen LogP contribution is 2.28. The minimum atomic E-state index is 0.374. The van der Waals surface area contributed by atoms with E-state index in [9.17, 15) is 0 Å². The van der Waals surface area contributed by atoms with Gasteiger partial charge in [0.15, 0.2) is 0 Å². The Bertz CT molecular complexity index is 360. The first kappa shape index (κ1) is 15.5. The zero-order valence-electron chi connectivity index (χ0n) is 12.0. The predicted molar refractivity (Wildman–Crippen MR) is 84.4 cm³/mol. The van der Waals surface area contributed by atoms with Crippen LogP contribution in [0.5, 0.6) is 0 Å². The first-order chi connectivity index (χ1) is 8.63. The molecular weight excluding hydrogens is 288 g/mol. The predicted octanol–water partition coefficient (Wildman–Crippen LogP) is 4.36. The molecule has 0 heterocycles.